The Morgan fingerprint density at radius 2 is 2.12 bits per heavy atom. The Morgan fingerprint density at radius 1 is 1.35 bits per heavy atom. The summed E-state index contributed by atoms with van der Waals surface area (Å²) >= 11 is 0. The third-order valence-corrected chi connectivity index (χ3v) is 3.26. The number of nitrogens with zero attached hydrogens (tertiary/aromatic N) is 1. The molecule has 1 heterocycles. The van der Waals surface area contributed by atoms with Crippen LogP contribution in [0, 0.1) is 0 Å². The molecule has 0 amide bonds. The molecule has 3 nitrogen and oxygen atoms in total. The summed E-state index contributed by atoms with van der Waals surface area (Å²) < 4.78 is 5.45. The zero-order valence-electron chi connectivity index (χ0n) is 10.8. The highest BCUT2D eigenvalue weighted by molar-refractivity contribution is 5.27. The van der Waals surface area contributed by atoms with Gasteiger partial charge in [-0.1, -0.05) is 12.1 Å². The molecule has 0 aromatic heterocycles. The van der Waals surface area contributed by atoms with Gasteiger partial charge in [-0.05, 0) is 31.5 Å². The third-order valence-electron chi connectivity index (χ3n) is 3.26. The SMILES string of the molecule is CCOc1ccc(CN2CCNCC2C)cc1. The molecule has 3 heteroatoms. The van der Waals surface area contributed by atoms with E-state index in [4.69, 9.17) is 4.74 Å². The smallest absolute Gasteiger partial charge is 0.119 e. The highest BCUT2D eigenvalue weighted by atomic mass is 16.5. The summed E-state index contributed by atoms with van der Waals surface area (Å²) in [6.07, 6.45) is 0. The molecule has 0 aliphatic carbocycles. The summed E-state index contributed by atoms with van der Waals surface area (Å²) in [7, 11) is 0. The monoisotopic (exact) mass is 234 g/mol. The second-order valence-electron chi connectivity index (χ2n) is 4.60. The minimum Gasteiger partial charge on any atom is -0.494 e. The Labute approximate surface area is 104 Å². The van der Waals surface area contributed by atoms with Crippen molar-refractivity contribution in [1.29, 1.82) is 0 Å². The van der Waals surface area contributed by atoms with Crippen LogP contribution in [0.2, 0.25) is 0 Å². The van der Waals surface area contributed by atoms with E-state index in [-0.39, 0.29) is 0 Å². The van der Waals surface area contributed by atoms with Crippen molar-refractivity contribution in [1.82, 2.24) is 10.2 Å². The number of rotatable bonds is 4. The quantitative estimate of drug-likeness (QED) is 0.861. The lowest BCUT2D eigenvalue weighted by Crippen LogP contribution is -2.49. The zero-order chi connectivity index (χ0) is 12.1. The molecule has 0 saturated carbocycles. The van der Waals surface area contributed by atoms with Crippen molar-refractivity contribution in [3.8, 4) is 5.75 Å². The van der Waals surface area contributed by atoms with Gasteiger partial charge in [0.05, 0.1) is 6.61 Å². The summed E-state index contributed by atoms with van der Waals surface area (Å²) in [6.45, 7) is 9.38. The van der Waals surface area contributed by atoms with Gasteiger partial charge in [0, 0.05) is 32.2 Å². The number of hydrogen-bond acceptors (Lipinski definition) is 3. The van der Waals surface area contributed by atoms with Crippen LogP contribution in [-0.2, 0) is 6.54 Å². The van der Waals surface area contributed by atoms with Gasteiger partial charge < -0.3 is 10.1 Å². The molecule has 0 spiro atoms. The fourth-order valence-corrected chi connectivity index (χ4v) is 2.21. The van der Waals surface area contributed by atoms with Gasteiger partial charge in [-0.15, -0.1) is 0 Å². The molecule has 1 atom stereocenters. The van der Waals surface area contributed by atoms with Gasteiger partial charge in [0.1, 0.15) is 5.75 Å². The lowest BCUT2D eigenvalue weighted by molar-refractivity contribution is 0.165. The Kier molecular flexibility index (Phi) is 4.40. The van der Waals surface area contributed by atoms with E-state index in [1.807, 2.05) is 6.92 Å². The van der Waals surface area contributed by atoms with Crippen LogP contribution in [-0.4, -0.2) is 37.2 Å². The van der Waals surface area contributed by atoms with Gasteiger partial charge in [-0.2, -0.15) is 0 Å². The van der Waals surface area contributed by atoms with Crippen molar-refractivity contribution in [2.24, 2.45) is 0 Å². The maximum Gasteiger partial charge on any atom is 0.119 e. The van der Waals surface area contributed by atoms with Gasteiger partial charge in [0.25, 0.3) is 0 Å². The average Bonchev–Trinajstić information content (AvgIpc) is 2.35. The second kappa shape index (κ2) is 6.03. The van der Waals surface area contributed by atoms with E-state index in [1.54, 1.807) is 0 Å². The third kappa shape index (κ3) is 3.45. The summed E-state index contributed by atoms with van der Waals surface area (Å²) in [5.41, 5.74) is 1.36. The molecule has 17 heavy (non-hydrogen) atoms. The van der Waals surface area contributed by atoms with Crippen LogP contribution < -0.4 is 10.1 Å². The predicted molar refractivity (Wildman–Crippen MR) is 70.4 cm³/mol. The molecule has 0 radical (unpaired) electrons. The van der Waals surface area contributed by atoms with E-state index >= 15 is 0 Å². The molecule has 1 aliphatic heterocycles. The lowest BCUT2D eigenvalue weighted by Gasteiger charge is -2.33. The van der Waals surface area contributed by atoms with Gasteiger partial charge in [-0.25, -0.2) is 0 Å². The van der Waals surface area contributed by atoms with Crippen LogP contribution >= 0.6 is 0 Å². The molecular formula is C14H22N2O. The van der Waals surface area contributed by atoms with Crippen molar-refractivity contribution < 1.29 is 4.74 Å². The number of nitrogens with one attached hydrogen (secondary N) is 1. The Morgan fingerprint density at radius 3 is 2.76 bits per heavy atom. The number of hydrogen-bond donors (Lipinski definition) is 1. The lowest BCUT2D eigenvalue weighted by atomic mass is 10.1. The topological polar surface area (TPSA) is 24.5 Å². The van der Waals surface area contributed by atoms with E-state index in [9.17, 15) is 0 Å². The van der Waals surface area contributed by atoms with E-state index in [0.717, 1.165) is 38.5 Å². The highest BCUT2D eigenvalue weighted by Crippen LogP contribution is 2.15. The number of ether oxygens (including phenoxy) is 1. The highest BCUT2D eigenvalue weighted by Gasteiger charge is 2.17. The normalized spacial score (nSPS) is 21.4. The Hall–Kier alpha value is -1.06. The van der Waals surface area contributed by atoms with Crippen LogP contribution in [0.3, 0.4) is 0 Å². The summed E-state index contributed by atoms with van der Waals surface area (Å²) in [4.78, 5) is 2.52. The summed E-state index contributed by atoms with van der Waals surface area (Å²) in [5.74, 6) is 0.963. The molecule has 2 rings (SSSR count). The van der Waals surface area contributed by atoms with E-state index in [0.29, 0.717) is 6.04 Å². The molecule has 0 bridgehead atoms. The fourth-order valence-electron chi connectivity index (χ4n) is 2.21. The standard InChI is InChI=1S/C14H22N2O/c1-3-17-14-6-4-13(5-7-14)11-16-9-8-15-10-12(16)2/h4-7,12,15H,3,8-11H2,1-2H3. The number of piperazine rings is 1. The van der Waals surface area contributed by atoms with Crippen molar-refractivity contribution in [2.45, 2.75) is 26.4 Å². The van der Waals surface area contributed by atoms with Crippen LogP contribution in [0.15, 0.2) is 24.3 Å². The van der Waals surface area contributed by atoms with Crippen molar-refractivity contribution in [3.63, 3.8) is 0 Å². The Balaban J connectivity index is 1.93. The van der Waals surface area contributed by atoms with Crippen LogP contribution in [0.1, 0.15) is 19.4 Å². The van der Waals surface area contributed by atoms with E-state index in [1.165, 1.54) is 5.56 Å². The Bertz CT molecular complexity index is 337. The van der Waals surface area contributed by atoms with Gasteiger partial charge >= 0.3 is 0 Å². The maximum atomic E-state index is 5.45. The first kappa shape index (κ1) is 12.4. The number of benzene rings is 1. The van der Waals surface area contributed by atoms with Gasteiger partial charge in [0.15, 0.2) is 0 Å². The van der Waals surface area contributed by atoms with E-state index < -0.39 is 0 Å². The molecule has 1 N–H and O–H groups in total. The van der Waals surface area contributed by atoms with Crippen molar-refractivity contribution in [2.75, 3.05) is 26.2 Å². The fraction of sp³-hybridized carbons (Fsp3) is 0.571. The molecule has 1 aromatic carbocycles. The predicted octanol–water partition coefficient (Wildman–Crippen LogP) is 1.88. The second-order valence-corrected chi connectivity index (χ2v) is 4.60. The molecule has 1 aliphatic rings. The minimum atomic E-state index is 0.621. The van der Waals surface area contributed by atoms with Crippen LogP contribution in [0.4, 0.5) is 0 Å². The minimum absolute atomic E-state index is 0.621. The first-order valence-electron chi connectivity index (χ1n) is 6.46. The summed E-state index contributed by atoms with van der Waals surface area (Å²) in [5, 5.41) is 3.41. The largest absolute Gasteiger partial charge is 0.494 e. The zero-order valence-corrected chi connectivity index (χ0v) is 10.8. The molecule has 94 valence electrons. The van der Waals surface area contributed by atoms with E-state index in [2.05, 4.69) is 41.4 Å². The van der Waals surface area contributed by atoms with Gasteiger partial charge in [-0.3, -0.25) is 4.90 Å². The van der Waals surface area contributed by atoms with Crippen LogP contribution in [0.5, 0.6) is 5.75 Å². The average molecular weight is 234 g/mol. The first-order chi connectivity index (χ1) is 8.29. The molecule has 1 aromatic rings. The van der Waals surface area contributed by atoms with Crippen molar-refractivity contribution >= 4 is 0 Å². The van der Waals surface area contributed by atoms with Gasteiger partial charge in [0.2, 0.25) is 0 Å². The maximum absolute atomic E-state index is 5.45. The molecule has 1 unspecified atom stereocenters. The van der Waals surface area contributed by atoms with Crippen molar-refractivity contribution in [3.05, 3.63) is 29.8 Å². The van der Waals surface area contributed by atoms with Crippen LogP contribution in [0.25, 0.3) is 0 Å². The molecule has 1 fully saturated rings. The first-order valence-corrected chi connectivity index (χ1v) is 6.46. The molecular weight excluding hydrogens is 212 g/mol. The molecule has 1 saturated heterocycles. The summed E-state index contributed by atoms with van der Waals surface area (Å²) in [6, 6.07) is 9.08.